The van der Waals surface area contributed by atoms with Crippen molar-refractivity contribution in [2.45, 2.75) is 12.2 Å². The molecule has 0 aliphatic heterocycles. The van der Waals surface area contributed by atoms with E-state index in [1.165, 1.54) is 14.0 Å². The van der Waals surface area contributed by atoms with Gasteiger partial charge in [0.1, 0.15) is 5.25 Å². The summed E-state index contributed by atoms with van der Waals surface area (Å²) < 4.78 is 24.9. The average molecular weight is 227 g/mol. The third-order valence-corrected chi connectivity index (χ3v) is 3.89. The number of hydrogen-bond acceptors (Lipinski definition) is 3. The fourth-order valence-electron chi connectivity index (χ4n) is 1.15. The molecule has 1 rings (SSSR count). The molecule has 82 valence electrons. The lowest BCUT2D eigenvalue weighted by Crippen LogP contribution is -2.35. The molecule has 0 fully saturated rings. The minimum Gasteiger partial charge on any atom is -0.293 e. The van der Waals surface area contributed by atoms with Gasteiger partial charge in [0.25, 0.3) is 0 Å². The van der Waals surface area contributed by atoms with Crippen LogP contribution in [-0.2, 0) is 10.0 Å². The van der Waals surface area contributed by atoms with Crippen molar-refractivity contribution in [3.63, 3.8) is 0 Å². The van der Waals surface area contributed by atoms with Gasteiger partial charge in [-0.25, -0.2) is 13.1 Å². The summed E-state index contributed by atoms with van der Waals surface area (Å²) in [7, 11) is -2.25. The predicted octanol–water partition coefficient (Wildman–Crippen LogP) is 0.807. The van der Waals surface area contributed by atoms with Crippen molar-refractivity contribution in [2.24, 2.45) is 0 Å². The van der Waals surface area contributed by atoms with Crippen molar-refractivity contribution in [2.75, 3.05) is 7.05 Å². The number of hydrogen-bond donors (Lipinski definition) is 1. The van der Waals surface area contributed by atoms with E-state index in [4.69, 9.17) is 0 Å². The van der Waals surface area contributed by atoms with E-state index in [1.807, 2.05) is 0 Å². The lowest BCUT2D eigenvalue weighted by atomic mass is 10.1. The Balaban J connectivity index is 2.97. The van der Waals surface area contributed by atoms with Crippen LogP contribution in [0.4, 0.5) is 0 Å². The van der Waals surface area contributed by atoms with Gasteiger partial charge in [0, 0.05) is 5.56 Å². The summed E-state index contributed by atoms with van der Waals surface area (Å²) in [5, 5.41) is -1.06. The maximum atomic E-state index is 11.7. The van der Waals surface area contributed by atoms with Gasteiger partial charge in [-0.1, -0.05) is 30.3 Å². The van der Waals surface area contributed by atoms with Crippen LogP contribution < -0.4 is 4.72 Å². The molecular formula is C10H13NO3S. The Hall–Kier alpha value is -1.20. The summed E-state index contributed by atoms with van der Waals surface area (Å²) in [6, 6.07) is 8.37. The maximum absolute atomic E-state index is 11.7. The molecule has 5 heteroatoms. The van der Waals surface area contributed by atoms with Crippen molar-refractivity contribution < 1.29 is 13.2 Å². The standard InChI is InChI=1S/C10H13NO3S/c1-8(15(13,14)11-2)10(12)9-6-4-3-5-7-9/h3-8,11H,1-2H3. The molecule has 0 aliphatic carbocycles. The van der Waals surface area contributed by atoms with Crippen molar-refractivity contribution in [1.29, 1.82) is 0 Å². The van der Waals surface area contributed by atoms with Crippen LogP contribution in [0.15, 0.2) is 30.3 Å². The van der Waals surface area contributed by atoms with E-state index >= 15 is 0 Å². The van der Waals surface area contributed by atoms with Crippen LogP contribution >= 0.6 is 0 Å². The van der Waals surface area contributed by atoms with E-state index in [2.05, 4.69) is 4.72 Å². The van der Waals surface area contributed by atoms with Gasteiger partial charge in [0.15, 0.2) is 5.78 Å². The van der Waals surface area contributed by atoms with Crippen LogP contribution in [0.1, 0.15) is 17.3 Å². The Morgan fingerprint density at radius 2 is 1.80 bits per heavy atom. The molecule has 1 aromatic rings. The first-order chi connectivity index (χ1) is 6.99. The molecule has 0 saturated carbocycles. The largest absolute Gasteiger partial charge is 0.293 e. The molecule has 0 aliphatic rings. The molecule has 15 heavy (non-hydrogen) atoms. The number of nitrogens with one attached hydrogen (secondary N) is 1. The molecule has 0 saturated heterocycles. The minimum absolute atomic E-state index is 0.398. The van der Waals surface area contributed by atoms with Gasteiger partial charge < -0.3 is 0 Å². The van der Waals surface area contributed by atoms with Crippen LogP contribution in [0.25, 0.3) is 0 Å². The van der Waals surface area contributed by atoms with Gasteiger partial charge in [-0.05, 0) is 14.0 Å². The van der Waals surface area contributed by atoms with E-state index < -0.39 is 21.1 Å². The smallest absolute Gasteiger partial charge is 0.221 e. The van der Waals surface area contributed by atoms with Crippen LogP contribution in [0, 0.1) is 0 Å². The van der Waals surface area contributed by atoms with Gasteiger partial charge in [0.05, 0.1) is 0 Å². The van der Waals surface area contributed by atoms with Crippen molar-refractivity contribution in [1.82, 2.24) is 4.72 Å². The molecule has 1 unspecified atom stereocenters. The number of Topliss-reactive ketones (excluding diaryl/α,β-unsaturated/α-hetero) is 1. The minimum atomic E-state index is -3.55. The summed E-state index contributed by atoms with van der Waals surface area (Å²) in [6.45, 7) is 1.38. The SMILES string of the molecule is CNS(=O)(=O)C(C)C(=O)c1ccccc1. The highest BCUT2D eigenvalue weighted by atomic mass is 32.2. The first-order valence-electron chi connectivity index (χ1n) is 4.50. The Labute approximate surface area is 89.4 Å². The molecule has 1 N–H and O–H groups in total. The second-order valence-corrected chi connectivity index (χ2v) is 5.33. The molecule has 0 heterocycles. The molecule has 0 spiro atoms. The number of ketones is 1. The highest BCUT2D eigenvalue weighted by Gasteiger charge is 2.26. The molecular weight excluding hydrogens is 214 g/mol. The molecule has 4 nitrogen and oxygen atoms in total. The van der Waals surface area contributed by atoms with Crippen LogP contribution in [0.2, 0.25) is 0 Å². The highest BCUT2D eigenvalue weighted by Crippen LogP contribution is 2.08. The zero-order chi connectivity index (χ0) is 11.5. The van der Waals surface area contributed by atoms with E-state index in [0.29, 0.717) is 5.56 Å². The Morgan fingerprint density at radius 1 is 1.27 bits per heavy atom. The van der Waals surface area contributed by atoms with E-state index in [9.17, 15) is 13.2 Å². The lowest BCUT2D eigenvalue weighted by Gasteiger charge is -2.10. The summed E-state index contributed by atoms with van der Waals surface area (Å²) >= 11 is 0. The first-order valence-corrected chi connectivity index (χ1v) is 6.05. The fourth-order valence-corrected chi connectivity index (χ4v) is 1.93. The van der Waals surface area contributed by atoms with E-state index in [-0.39, 0.29) is 0 Å². The molecule has 1 atom stereocenters. The third kappa shape index (κ3) is 2.64. The third-order valence-electron chi connectivity index (χ3n) is 2.18. The molecule has 0 bridgehead atoms. The number of rotatable bonds is 4. The van der Waals surface area contributed by atoms with Crippen LogP contribution in [0.5, 0.6) is 0 Å². The van der Waals surface area contributed by atoms with Crippen LogP contribution in [0.3, 0.4) is 0 Å². The molecule has 0 amide bonds. The summed E-state index contributed by atoms with van der Waals surface area (Å²) in [4.78, 5) is 11.7. The quantitative estimate of drug-likeness (QED) is 0.774. The van der Waals surface area contributed by atoms with Crippen LogP contribution in [-0.4, -0.2) is 26.5 Å². The Bertz CT molecular complexity index is 439. The van der Waals surface area contributed by atoms with E-state index in [1.54, 1.807) is 30.3 Å². The Kier molecular flexibility index (Phi) is 3.60. The highest BCUT2D eigenvalue weighted by molar-refractivity contribution is 7.90. The molecule has 0 radical (unpaired) electrons. The number of carbonyl (C=O) groups is 1. The fraction of sp³-hybridized carbons (Fsp3) is 0.300. The molecule has 1 aromatic carbocycles. The van der Waals surface area contributed by atoms with E-state index in [0.717, 1.165) is 0 Å². The van der Waals surface area contributed by atoms with Gasteiger partial charge in [0.2, 0.25) is 10.0 Å². The normalized spacial score (nSPS) is 13.5. The zero-order valence-electron chi connectivity index (χ0n) is 8.60. The second kappa shape index (κ2) is 4.55. The monoisotopic (exact) mass is 227 g/mol. The van der Waals surface area contributed by atoms with Gasteiger partial charge in [-0.3, -0.25) is 4.79 Å². The summed E-state index contributed by atoms with van der Waals surface area (Å²) in [5.41, 5.74) is 0.406. The van der Waals surface area contributed by atoms with Crippen molar-refractivity contribution >= 4 is 15.8 Å². The summed E-state index contributed by atoms with van der Waals surface area (Å²) in [6.07, 6.45) is 0. The zero-order valence-corrected chi connectivity index (χ0v) is 9.41. The Morgan fingerprint density at radius 3 is 2.27 bits per heavy atom. The van der Waals surface area contributed by atoms with Crippen molar-refractivity contribution in [3.05, 3.63) is 35.9 Å². The predicted molar refractivity (Wildman–Crippen MR) is 58.2 cm³/mol. The van der Waals surface area contributed by atoms with Gasteiger partial charge >= 0.3 is 0 Å². The number of sulfonamides is 1. The van der Waals surface area contributed by atoms with Crippen molar-refractivity contribution in [3.8, 4) is 0 Å². The topological polar surface area (TPSA) is 63.2 Å². The van der Waals surface area contributed by atoms with Gasteiger partial charge in [-0.2, -0.15) is 0 Å². The maximum Gasteiger partial charge on any atom is 0.221 e. The average Bonchev–Trinajstić information content (AvgIpc) is 2.28. The van der Waals surface area contributed by atoms with Gasteiger partial charge in [-0.15, -0.1) is 0 Å². The first kappa shape index (κ1) is 11.9. The molecule has 0 aromatic heterocycles. The number of benzene rings is 1. The lowest BCUT2D eigenvalue weighted by molar-refractivity contribution is 0.0991. The second-order valence-electron chi connectivity index (χ2n) is 3.12. The summed E-state index contributed by atoms with van der Waals surface area (Å²) in [5.74, 6) is -0.398. The number of carbonyl (C=O) groups excluding carboxylic acids is 1.